The standard InChI is InChI=1S/C22H18F2N6O/c1-11-26-21(25)18-20(28-29-22(18)27-11)14-5-6-16-12(9-14)7-8-30(16)17(31)10-13-3-2-4-15(23)19(13)24/h2-6,9H,7-8,10H2,1H3,(H3,25,26,27,28,29). The first-order chi connectivity index (χ1) is 14.9. The summed E-state index contributed by atoms with van der Waals surface area (Å²) >= 11 is 0. The molecule has 9 heteroatoms. The Morgan fingerprint density at radius 2 is 2.06 bits per heavy atom. The Morgan fingerprint density at radius 1 is 1.23 bits per heavy atom. The molecule has 3 heterocycles. The second-order valence-corrected chi connectivity index (χ2v) is 7.48. The second kappa shape index (κ2) is 7.12. The predicted molar refractivity (Wildman–Crippen MR) is 112 cm³/mol. The number of benzene rings is 2. The molecule has 0 unspecified atom stereocenters. The van der Waals surface area contributed by atoms with E-state index >= 15 is 0 Å². The summed E-state index contributed by atoms with van der Waals surface area (Å²) < 4.78 is 27.4. The van der Waals surface area contributed by atoms with Crippen LogP contribution in [0.25, 0.3) is 22.3 Å². The zero-order valence-corrected chi connectivity index (χ0v) is 16.6. The van der Waals surface area contributed by atoms with Crippen molar-refractivity contribution in [3.63, 3.8) is 0 Å². The fourth-order valence-corrected chi connectivity index (χ4v) is 4.03. The maximum absolute atomic E-state index is 14.0. The lowest BCUT2D eigenvalue weighted by Crippen LogP contribution is -2.30. The van der Waals surface area contributed by atoms with E-state index in [2.05, 4.69) is 20.2 Å². The van der Waals surface area contributed by atoms with E-state index in [4.69, 9.17) is 5.73 Å². The monoisotopic (exact) mass is 420 g/mol. The highest BCUT2D eigenvalue weighted by Gasteiger charge is 2.26. The van der Waals surface area contributed by atoms with Crippen molar-refractivity contribution in [3.8, 4) is 11.3 Å². The molecule has 2 aromatic heterocycles. The van der Waals surface area contributed by atoms with E-state index in [-0.39, 0.29) is 17.9 Å². The summed E-state index contributed by atoms with van der Waals surface area (Å²) in [5.74, 6) is -1.33. The van der Waals surface area contributed by atoms with E-state index in [0.29, 0.717) is 41.3 Å². The number of rotatable bonds is 3. The van der Waals surface area contributed by atoms with Gasteiger partial charge in [-0.1, -0.05) is 18.2 Å². The number of aromatic nitrogens is 4. The number of hydrogen-bond acceptors (Lipinski definition) is 5. The number of aromatic amines is 1. The Hall–Kier alpha value is -3.88. The zero-order valence-electron chi connectivity index (χ0n) is 16.6. The minimum atomic E-state index is -0.980. The molecule has 156 valence electrons. The van der Waals surface area contributed by atoms with Crippen molar-refractivity contribution in [2.24, 2.45) is 0 Å². The van der Waals surface area contributed by atoms with Gasteiger partial charge in [0, 0.05) is 23.4 Å². The summed E-state index contributed by atoms with van der Waals surface area (Å²) in [6.45, 7) is 2.23. The number of nitrogens with two attached hydrogens (primary N) is 1. The Labute approximate surface area is 175 Å². The van der Waals surface area contributed by atoms with Gasteiger partial charge in [-0.05, 0) is 37.1 Å². The summed E-state index contributed by atoms with van der Waals surface area (Å²) in [5, 5.41) is 7.86. The number of carbonyl (C=O) groups excluding carboxylic acids is 1. The Bertz CT molecular complexity index is 1350. The van der Waals surface area contributed by atoms with Crippen LogP contribution < -0.4 is 10.6 Å². The van der Waals surface area contributed by atoms with Crippen LogP contribution in [0.2, 0.25) is 0 Å². The summed E-state index contributed by atoms with van der Waals surface area (Å²) in [5.41, 5.74) is 9.92. The number of aryl methyl sites for hydroxylation is 1. The number of halogens is 2. The number of nitrogens with one attached hydrogen (secondary N) is 1. The van der Waals surface area contributed by atoms with E-state index in [1.54, 1.807) is 11.8 Å². The molecule has 0 radical (unpaired) electrons. The average molecular weight is 420 g/mol. The summed E-state index contributed by atoms with van der Waals surface area (Å²) in [6.07, 6.45) is 0.445. The number of amides is 1. The summed E-state index contributed by atoms with van der Waals surface area (Å²) in [7, 11) is 0. The third kappa shape index (κ3) is 3.18. The molecule has 0 fully saturated rings. The molecule has 7 nitrogen and oxygen atoms in total. The molecule has 1 aliphatic rings. The van der Waals surface area contributed by atoms with Crippen molar-refractivity contribution in [2.75, 3.05) is 17.2 Å². The number of nitrogens with zero attached hydrogens (tertiary/aromatic N) is 4. The Balaban J connectivity index is 1.45. The summed E-state index contributed by atoms with van der Waals surface area (Å²) in [4.78, 5) is 22.9. The lowest BCUT2D eigenvalue weighted by Gasteiger charge is -2.18. The number of hydrogen-bond donors (Lipinski definition) is 2. The van der Waals surface area contributed by atoms with Crippen molar-refractivity contribution in [1.82, 2.24) is 20.2 Å². The van der Waals surface area contributed by atoms with Gasteiger partial charge >= 0.3 is 0 Å². The second-order valence-electron chi connectivity index (χ2n) is 7.48. The number of anilines is 2. The van der Waals surface area contributed by atoms with Crippen molar-refractivity contribution in [3.05, 3.63) is 65.0 Å². The highest BCUT2D eigenvalue weighted by molar-refractivity contribution is 6.00. The maximum Gasteiger partial charge on any atom is 0.231 e. The average Bonchev–Trinajstić information content (AvgIpc) is 3.35. The van der Waals surface area contributed by atoms with Gasteiger partial charge in [0.05, 0.1) is 17.5 Å². The van der Waals surface area contributed by atoms with Crippen LogP contribution in [-0.4, -0.2) is 32.6 Å². The van der Waals surface area contributed by atoms with E-state index in [0.717, 1.165) is 22.9 Å². The Kier molecular flexibility index (Phi) is 4.39. The van der Waals surface area contributed by atoms with E-state index in [1.807, 2.05) is 18.2 Å². The molecule has 1 amide bonds. The zero-order chi connectivity index (χ0) is 21.7. The van der Waals surface area contributed by atoms with Crippen LogP contribution in [0.4, 0.5) is 20.3 Å². The molecule has 4 aromatic rings. The molecule has 0 atom stereocenters. The number of carbonyl (C=O) groups is 1. The van der Waals surface area contributed by atoms with E-state index < -0.39 is 11.6 Å². The van der Waals surface area contributed by atoms with Gasteiger partial charge in [0.15, 0.2) is 17.3 Å². The molecule has 1 aliphatic heterocycles. The molecule has 2 aromatic carbocycles. The number of H-pyrrole nitrogens is 1. The minimum absolute atomic E-state index is 0.0461. The van der Waals surface area contributed by atoms with Gasteiger partial charge in [-0.3, -0.25) is 9.89 Å². The van der Waals surface area contributed by atoms with Crippen LogP contribution in [0.3, 0.4) is 0 Å². The third-order valence-corrected chi connectivity index (χ3v) is 5.49. The molecule has 31 heavy (non-hydrogen) atoms. The topological polar surface area (TPSA) is 101 Å². The maximum atomic E-state index is 14.0. The van der Waals surface area contributed by atoms with Crippen LogP contribution in [0.1, 0.15) is 17.0 Å². The van der Waals surface area contributed by atoms with Gasteiger partial charge in [0.25, 0.3) is 0 Å². The third-order valence-electron chi connectivity index (χ3n) is 5.49. The minimum Gasteiger partial charge on any atom is -0.383 e. The summed E-state index contributed by atoms with van der Waals surface area (Å²) in [6, 6.07) is 9.53. The van der Waals surface area contributed by atoms with E-state index in [9.17, 15) is 13.6 Å². The first-order valence-corrected chi connectivity index (χ1v) is 9.77. The van der Waals surface area contributed by atoms with Crippen molar-refractivity contribution >= 4 is 28.4 Å². The molecule has 0 saturated carbocycles. The van der Waals surface area contributed by atoms with Gasteiger partial charge in [-0.2, -0.15) is 5.10 Å². The molecule has 0 spiro atoms. The molecular weight excluding hydrogens is 402 g/mol. The van der Waals surface area contributed by atoms with Gasteiger partial charge < -0.3 is 10.6 Å². The number of fused-ring (bicyclic) bond motifs is 2. The molecular formula is C22H18F2N6O. The van der Waals surface area contributed by atoms with Crippen molar-refractivity contribution in [2.45, 2.75) is 19.8 Å². The largest absolute Gasteiger partial charge is 0.383 e. The first-order valence-electron chi connectivity index (χ1n) is 9.77. The molecule has 0 bridgehead atoms. The van der Waals surface area contributed by atoms with E-state index in [1.165, 1.54) is 12.1 Å². The molecule has 0 saturated heterocycles. The van der Waals surface area contributed by atoms with Crippen LogP contribution in [-0.2, 0) is 17.6 Å². The molecule has 5 rings (SSSR count). The van der Waals surface area contributed by atoms with Crippen LogP contribution in [0.5, 0.6) is 0 Å². The van der Waals surface area contributed by atoms with Gasteiger partial charge in [-0.15, -0.1) is 0 Å². The predicted octanol–water partition coefficient (Wildman–Crippen LogP) is 3.32. The van der Waals surface area contributed by atoms with Crippen LogP contribution in [0, 0.1) is 18.6 Å². The fraction of sp³-hybridized carbons (Fsp3) is 0.182. The molecule has 0 aliphatic carbocycles. The van der Waals surface area contributed by atoms with Crippen molar-refractivity contribution in [1.29, 1.82) is 0 Å². The quantitative estimate of drug-likeness (QED) is 0.530. The smallest absolute Gasteiger partial charge is 0.231 e. The van der Waals surface area contributed by atoms with Gasteiger partial charge in [-0.25, -0.2) is 18.7 Å². The highest BCUT2D eigenvalue weighted by atomic mass is 19.2. The SMILES string of the molecule is Cc1nc(N)c2c(-c3ccc4c(c3)CCN4C(=O)Cc3cccc(F)c3F)[nH]nc2n1. The molecule has 3 N–H and O–H groups in total. The lowest BCUT2D eigenvalue weighted by atomic mass is 10.0. The van der Waals surface area contributed by atoms with Gasteiger partial charge in [0.1, 0.15) is 11.6 Å². The normalized spacial score (nSPS) is 13.1. The number of nitrogen functional groups attached to an aromatic ring is 1. The Morgan fingerprint density at radius 3 is 2.90 bits per heavy atom. The fourth-order valence-electron chi connectivity index (χ4n) is 4.03. The van der Waals surface area contributed by atoms with Crippen molar-refractivity contribution < 1.29 is 13.6 Å². The first kappa shape index (κ1) is 19.1. The lowest BCUT2D eigenvalue weighted by molar-refractivity contribution is -0.117. The van der Waals surface area contributed by atoms with Crippen LogP contribution in [0.15, 0.2) is 36.4 Å². The van der Waals surface area contributed by atoms with Gasteiger partial charge in [0.2, 0.25) is 5.91 Å². The van der Waals surface area contributed by atoms with Crippen LogP contribution >= 0.6 is 0 Å². The highest BCUT2D eigenvalue weighted by Crippen LogP contribution is 2.35.